The largest absolute Gasteiger partial charge is 0.481 e. The van der Waals surface area contributed by atoms with Gasteiger partial charge in [-0.25, -0.2) is 0 Å². The first kappa shape index (κ1) is 30.4. The molecule has 2 aromatic carbocycles. The maximum absolute atomic E-state index is 13.8. The van der Waals surface area contributed by atoms with Gasteiger partial charge in [-0.05, 0) is 155 Å². The van der Waals surface area contributed by atoms with E-state index in [2.05, 4.69) is 63.5 Å². The summed E-state index contributed by atoms with van der Waals surface area (Å²) >= 11 is 0. The van der Waals surface area contributed by atoms with E-state index in [1.54, 1.807) is 7.11 Å². The Morgan fingerprint density at radius 3 is 2.16 bits per heavy atom. The van der Waals surface area contributed by atoms with E-state index in [4.69, 9.17) is 4.74 Å². The van der Waals surface area contributed by atoms with Crippen LogP contribution in [0.5, 0.6) is 0 Å². The van der Waals surface area contributed by atoms with Crippen molar-refractivity contribution in [2.45, 2.75) is 117 Å². The molecule has 6 aliphatic carbocycles. The standard InChI is InChI=1S/C43H52N4O4/c1-45-33-8-6-27(23-29(33)41-16-20-47-18-4-10-39(37(41)47)12-14-43(41,45)31(25-39)35(50)51-2)21-26-5-7-32-28(22-26)40-15-19-46-17-3-9-38(36(40)46)11-13-42(40,44-32)30(24-38)34(48)49/h5-8,22-23,30-31,36-37,44H,3-4,9-21,24-25H2,1-2H3,(H,48,49). The summed E-state index contributed by atoms with van der Waals surface area (Å²) in [7, 11) is 3.87. The van der Waals surface area contributed by atoms with Crippen molar-refractivity contribution in [1.82, 2.24) is 9.80 Å². The molecule has 6 saturated carbocycles. The Labute approximate surface area is 301 Å². The second-order valence-electron chi connectivity index (χ2n) is 19.1. The molecule has 10 unspecified atom stereocenters. The zero-order valence-corrected chi connectivity index (χ0v) is 30.3. The molecule has 0 amide bonds. The molecule has 51 heavy (non-hydrogen) atoms. The average molecular weight is 689 g/mol. The van der Waals surface area contributed by atoms with Crippen molar-refractivity contribution in [2.75, 3.05) is 50.6 Å². The van der Waals surface area contributed by atoms with Crippen LogP contribution in [-0.2, 0) is 31.6 Å². The quantitative estimate of drug-likeness (QED) is 0.396. The first-order valence-corrected chi connectivity index (χ1v) is 20.3. The molecule has 2 aromatic rings. The van der Waals surface area contributed by atoms with E-state index in [0.717, 1.165) is 71.0 Å². The van der Waals surface area contributed by atoms with Crippen molar-refractivity contribution in [1.29, 1.82) is 0 Å². The smallest absolute Gasteiger partial charge is 0.311 e. The number of nitrogens with one attached hydrogen (secondary N) is 1. The first-order valence-electron chi connectivity index (χ1n) is 20.3. The highest BCUT2D eigenvalue weighted by molar-refractivity contribution is 5.82. The molecule has 8 nitrogen and oxygen atoms in total. The lowest BCUT2D eigenvalue weighted by atomic mass is 9.38. The SMILES string of the molecule is COC(=O)C1CC23CCCN4CCC5(c6cc(Cc7ccc8c(c7)C79CCN%10CCCC%11(CCC7(N8)C(C(=O)O)C%11)C%109)ccc6N(C)C15CC2)C43. The number of carbonyl (C=O) groups excluding carboxylic acids is 1. The molecule has 6 aliphatic heterocycles. The second-order valence-corrected chi connectivity index (χ2v) is 19.1. The molecule has 268 valence electrons. The summed E-state index contributed by atoms with van der Waals surface area (Å²) in [5.74, 6) is -1.05. The molecule has 0 radical (unpaired) electrons. The Hall–Kier alpha value is -3.10. The highest BCUT2D eigenvalue weighted by Gasteiger charge is 2.81. The molecule has 0 aromatic heterocycles. The fraction of sp³-hybridized carbons (Fsp3) is 0.674. The van der Waals surface area contributed by atoms with Crippen LogP contribution in [0.15, 0.2) is 36.4 Å². The zero-order valence-electron chi connectivity index (χ0n) is 30.3. The number of anilines is 2. The minimum Gasteiger partial charge on any atom is -0.481 e. The van der Waals surface area contributed by atoms with Crippen molar-refractivity contribution < 1.29 is 19.4 Å². The van der Waals surface area contributed by atoms with Gasteiger partial charge in [0.25, 0.3) is 0 Å². The van der Waals surface area contributed by atoms with Crippen LogP contribution in [0.3, 0.4) is 0 Å². The molecule has 6 heterocycles. The van der Waals surface area contributed by atoms with Crippen LogP contribution in [-0.4, -0.2) is 90.3 Å². The van der Waals surface area contributed by atoms with Gasteiger partial charge in [-0.1, -0.05) is 24.3 Å². The lowest BCUT2D eigenvalue weighted by Gasteiger charge is -2.70. The molecule has 10 atom stereocenters. The van der Waals surface area contributed by atoms with Crippen LogP contribution in [0.25, 0.3) is 0 Å². The minimum absolute atomic E-state index is 0.00789. The van der Waals surface area contributed by atoms with Gasteiger partial charge in [0.15, 0.2) is 0 Å². The number of methoxy groups -OCH3 is 1. The van der Waals surface area contributed by atoms with Gasteiger partial charge in [-0.3, -0.25) is 19.4 Å². The molecular formula is C43H52N4O4. The van der Waals surface area contributed by atoms with Gasteiger partial charge in [-0.15, -0.1) is 0 Å². The number of ether oxygens (including phenoxy) is 1. The molecule has 14 rings (SSSR count). The van der Waals surface area contributed by atoms with Gasteiger partial charge < -0.3 is 20.1 Å². The number of carboxylic acids is 1. The number of rotatable bonds is 4. The normalized spacial score (nSPS) is 46.1. The number of carboxylic acid groups (broad SMARTS) is 1. The van der Waals surface area contributed by atoms with Crippen molar-refractivity contribution in [3.63, 3.8) is 0 Å². The summed E-state index contributed by atoms with van der Waals surface area (Å²) in [5, 5.41) is 14.7. The molecule has 4 bridgehead atoms. The Morgan fingerprint density at radius 1 is 0.784 bits per heavy atom. The minimum atomic E-state index is -0.604. The third kappa shape index (κ3) is 3.06. The van der Waals surface area contributed by atoms with Gasteiger partial charge in [0.05, 0.1) is 30.0 Å². The van der Waals surface area contributed by atoms with Crippen molar-refractivity contribution in [2.24, 2.45) is 22.7 Å². The number of hydrogen-bond donors (Lipinski definition) is 2. The van der Waals surface area contributed by atoms with Crippen LogP contribution >= 0.6 is 0 Å². The molecule has 2 N–H and O–H groups in total. The van der Waals surface area contributed by atoms with Crippen LogP contribution in [0, 0.1) is 22.7 Å². The van der Waals surface area contributed by atoms with Crippen LogP contribution < -0.4 is 10.2 Å². The van der Waals surface area contributed by atoms with E-state index < -0.39 is 11.5 Å². The summed E-state index contributed by atoms with van der Waals surface area (Å²) in [6.07, 6.45) is 14.0. The van der Waals surface area contributed by atoms with E-state index in [1.165, 1.54) is 72.3 Å². The predicted molar refractivity (Wildman–Crippen MR) is 194 cm³/mol. The first-order chi connectivity index (χ1) is 24.7. The monoisotopic (exact) mass is 688 g/mol. The second kappa shape index (κ2) is 9.33. The topological polar surface area (TPSA) is 85.3 Å². The Morgan fingerprint density at radius 2 is 1.43 bits per heavy atom. The molecule has 8 heteroatoms. The van der Waals surface area contributed by atoms with E-state index >= 15 is 0 Å². The maximum atomic E-state index is 13.8. The summed E-state index contributed by atoms with van der Waals surface area (Å²) in [4.78, 5) is 35.0. The van der Waals surface area contributed by atoms with Crippen LogP contribution in [0.2, 0.25) is 0 Å². The molecule has 6 spiro atoms. The van der Waals surface area contributed by atoms with E-state index in [-0.39, 0.29) is 45.0 Å². The van der Waals surface area contributed by atoms with Crippen LogP contribution in [0.4, 0.5) is 11.4 Å². The number of fused-ring (bicyclic) bond motifs is 6. The van der Waals surface area contributed by atoms with E-state index in [1.807, 2.05) is 0 Å². The molecule has 4 saturated heterocycles. The van der Waals surface area contributed by atoms with E-state index in [9.17, 15) is 14.7 Å². The van der Waals surface area contributed by atoms with Crippen molar-refractivity contribution in [3.05, 3.63) is 58.7 Å². The zero-order chi connectivity index (χ0) is 34.3. The third-order valence-corrected chi connectivity index (χ3v) is 18.2. The number of hydrogen-bond acceptors (Lipinski definition) is 7. The van der Waals surface area contributed by atoms with Gasteiger partial charge in [0.1, 0.15) is 0 Å². The van der Waals surface area contributed by atoms with Gasteiger partial charge in [-0.2, -0.15) is 0 Å². The number of carbonyl (C=O) groups is 2. The molecule has 10 fully saturated rings. The number of piperidine rings is 2. The Balaban J connectivity index is 0.966. The lowest BCUT2D eigenvalue weighted by molar-refractivity contribution is -0.174. The van der Waals surface area contributed by atoms with Gasteiger partial charge in [0.2, 0.25) is 0 Å². The number of benzene rings is 2. The molecule has 12 aliphatic rings. The highest BCUT2D eigenvalue weighted by atomic mass is 16.5. The fourth-order valence-electron chi connectivity index (χ4n) is 17.1. The average Bonchev–Trinajstić information content (AvgIpc) is 3.88. The summed E-state index contributed by atoms with van der Waals surface area (Å²) in [5.41, 5.74) is 7.55. The molecular weight excluding hydrogens is 636 g/mol. The summed E-state index contributed by atoms with van der Waals surface area (Å²) < 4.78 is 5.62. The van der Waals surface area contributed by atoms with E-state index in [0.29, 0.717) is 12.1 Å². The van der Waals surface area contributed by atoms with Crippen molar-refractivity contribution in [3.8, 4) is 0 Å². The van der Waals surface area contributed by atoms with Gasteiger partial charge >= 0.3 is 11.9 Å². The number of aliphatic carboxylic acids is 1. The Kier molecular flexibility index (Phi) is 5.56. The highest BCUT2D eigenvalue weighted by Crippen LogP contribution is 2.77. The fourth-order valence-corrected chi connectivity index (χ4v) is 17.1. The summed E-state index contributed by atoms with van der Waals surface area (Å²) in [6, 6.07) is 15.3. The predicted octanol–water partition coefficient (Wildman–Crippen LogP) is 5.70. The number of likely N-dealkylation sites (N-methyl/N-ethyl adjacent to an activating group) is 1. The van der Waals surface area contributed by atoms with Crippen LogP contribution in [0.1, 0.15) is 99.3 Å². The maximum Gasteiger partial charge on any atom is 0.311 e. The van der Waals surface area contributed by atoms with Crippen molar-refractivity contribution >= 4 is 23.3 Å². The third-order valence-electron chi connectivity index (χ3n) is 18.2. The Bertz CT molecular complexity index is 1950. The van der Waals surface area contributed by atoms with Gasteiger partial charge in [0, 0.05) is 41.3 Å². The number of nitrogens with zero attached hydrogens (tertiary/aromatic N) is 3. The summed E-state index contributed by atoms with van der Waals surface area (Å²) in [6.45, 7) is 4.54. The lowest BCUT2D eigenvalue weighted by Crippen LogP contribution is -2.78. The number of esters is 1.